The summed E-state index contributed by atoms with van der Waals surface area (Å²) in [6, 6.07) is 19.1. The molecule has 0 spiro atoms. The summed E-state index contributed by atoms with van der Waals surface area (Å²) in [5.74, 6) is -1.63. The van der Waals surface area contributed by atoms with E-state index in [0.29, 0.717) is 17.8 Å². The second kappa shape index (κ2) is 9.18. The summed E-state index contributed by atoms with van der Waals surface area (Å²) < 4.78 is 9.78. The lowest BCUT2D eigenvalue weighted by Gasteiger charge is -2.11. The first-order chi connectivity index (χ1) is 13.6. The Morgan fingerprint density at radius 2 is 1.64 bits per heavy atom. The fraction of sp³-hybridized carbons (Fsp3) is 0.0952. The number of amides is 2. The number of furan rings is 1. The molecule has 142 valence electrons. The molecule has 0 aliphatic carbocycles. The highest BCUT2D eigenvalue weighted by atomic mass is 16.5. The van der Waals surface area contributed by atoms with Gasteiger partial charge in [-0.2, -0.15) is 0 Å². The zero-order chi connectivity index (χ0) is 19.8. The maximum atomic E-state index is 12.5. The van der Waals surface area contributed by atoms with Crippen LogP contribution in [0.25, 0.3) is 0 Å². The number of benzene rings is 2. The van der Waals surface area contributed by atoms with Gasteiger partial charge in [-0.25, -0.2) is 4.79 Å². The van der Waals surface area contributed by atoms with Crippen molar-refractivity contribution in [2.45, 2.75) is 6.54 Å². The highest BCUT2D eigenvalue weighted by molar-refractivity contribution is 6.04. The van der Waals surface area contributed by atoms with Crippen LogP contribution in [0.2, 0.25) is 0 Å². The average Bonchev–Trinajstić information content (AvgIpc) is 3.26. The molecule has 0 aliphatic heterocycles. The summed E-state index contributed by atoms with van der Waals surface area (Å²) in [5, 5.41) is 5.39. The first-order valence-corrected chi connectivity index (χ1v) is 8.55. The number of ether oxygens (including phenoxy) is 1. The van der Waals surface area contributed by atoms with E-state index in [4.69, 9.17) is 9.15 Å². The van der Waals surface area contributed by atoms with Gasteiger partial charge < -0.3 is 19.8 Å². The monoisotopic (exact) mass is 378 g/mol. The SMILES string of the molecule is O=C(COC(=O)c1ccco1)Nc1ccccc1C(=O)NCc1ccccc1. The van der Waals surface area contributed by atoms with Crippen LogP contribution in [0.15, 0.2) is 77.4 Å². The van der Waals surface area contributed by atoms with Crippen LogP contribution in [-0.2, 0) is 16.1 Å². The van der Waals surface area contributed by atoms with Crippen molar-refractivity contribution in [1.29, 1.82) is 0 Å². The summed E-state index contributed by atoms with van der Waals surface area (Å²) in [4.78, 5) is 36.3. The molecule has 7 nitrogen and oxygen atoms in total. The molecule has 0 saturated carbocycles. The second-order valence-electron chi connectivity index (χ2n) is 5.82. The van der Waals surface area contributed by atoms with Crippen LogP contribution < -0.4 is 10.6 Å². The highest BCUT2D eigenvalue weighted by Crippen LogP contribution is 2.15. The Hall–Kier alpha value is -3.87. The number of nitrogens with one attached hydrogen (secondary N) is 2. The third-order valence-electron chi connectivity index (χ3n) is 3.80. The summed E-state index contributed by atoms with van der Waals surface area (Å²) in [6.45, 7) is -0.137. The molecule has 0 unspecified atom stereocenters. The Balaban J connectivity index is 1.57. The van der Waals surface area contributed by atoms with E-state index in [0.717, 1.165) is 5.56 Å². The molecule has 0 atom stereocenters. The van der Waals surface area contributed by atoms with Crippen LogP contribution in [0.1, 0.15) is 26.5 Å². The van der Waals surface area contributed by atoms with Crippen LogP contribution in [0.5, 0.6) is 0 Å². The summed E-state index contributed by atoms with van der Waals surface area (Å²) in [6.07, 6.45) is 1.33. The quantitative estimate of drug-likeness (QED) is 0.616. The molecule has 2 aromatic carbocycles. The van der Waals surface area contributed by atoms with Crippen LogP contribution in [0.3, 0.4) is 0 Å². The summed E-state index contributed by atoms with van der Waals surface area (Å²) >= 11 is 0. The smallest absolute Gasteiger partial charge is 0.374 e. The zero-order valence-electron chi connectivity index (χ0n) is 14.9. The van der Waals surface area contributed by atoms with Crippen molar-refractivity contribution in [2.75, 3.05) is 11.9 Å². The number of esters is 1. The van der Waals surface area contributed by atoms with Crippen LogP contribution >= 0.6 is 0 Å². The molecule has 28 heavy (non-hydrogen) atoms. The molecule has 0 saturated heterocycles. The number of carbonyl (C=O) groups is 3. The third kappa shape index (κ3) is 5.07. The number of carbonyl (C=O) groups excluding carboxylic acids is 3. The van der Waals surface area contributed by atoms with E-state index < -0.39 is 18.5 Å². The first kappa shape index (κ1) is 18.9. The molecule has 7 heteroatoms. The molecule has 2 N–H and O–H groups in total. The normalized spacial score (nSPS) is 10.1. The first-order valence-electron chi connectivity index (χ1n) is 8.55. The Morgan fingerprint density at radius 1 is 0.893 bits per heavy atom. The van der Waals surface area contributed by atoms with Gasteiger partial charge in [0.05, 0.1) is 17.5 Å². The van der Waals surface area contributed by atoms with Gasteiger partial charge in [0.25, 0.3) is 11.8 Å². The molecule has 0 aliphatic rings. The third-order valence-corrected chi connectivity index (χ3v) is 3.80. The maximum Gasteiger partial charge on any atom is 0.374 e. The number of hydrogen-bond acceptors (Lipinski definition) is 5. The standard InChI is InChI=1S/C21H18N2O5/c24-19(14-28-21(26)18-11-6-12-27-18)23-17-10-5-4-9-16(17)20(25)22-13-15-7-2-1-3-8-15/h1-12H,13-14H2,(H,22,25)(H,23,24). The van der Waals surface area contributed by atoms with E-state index in [9.17, 15) is 14.4 Å². The van der Waals surface area contributed by atoms with Crippen molar-refractivity contribution in [2.24, 2.45) is 0 Å². The lowest BCUT2D eigenvalue weighted by Crippen LogP contribution is -2.26. The van der Waals surface area contributed by atoms with Gasteiger partial charge >= 0.3 is 5.97 Å². The Labute approximate surface area is 161 Å². The minimum absolute atomic E-state index is 0.00786. The van der Waals surface area contributed by atoms with Gasteiger partial charge in [0.1, 0.15) is 0 Å². The van der Waals surface area contributed by atoms with Crippen LogP contribution in [-0.4, -0.2) is 24.4 Å². The van der Waals surface area contributed by atoms with Gasteiger partial charge in [0, 0.05) is 6.54 Å². The average molecular weight is 378 g/mol. The fourth-order valence-corrected chi connectivity index (χ4v) is 2.45. The van der Waals surface area contributed by atoms with Gasteiger partial charge in [0.15, 0.2) is 6.61 Å². The Morgan fingerprint density at radius 3 is 2.39 bits per heavy atom. The summed E-state index contributed by atoms with van der Waals surface area (Å²) in [5.41, 5.74) is 1.60. The number of rotatable bonds is 7. The highest BCUT2D eigenvalue weighted by Gasteiger charge is 2.15. The van der Waals surface area contributed by atoms with E-state index in [-0.39, 0.29) is 11.7 Å². The van der Waals surface area contributed by atoms with Gasteiger partial charge in [0.2, 0.25) is 5.76 Å². The van der Waals surface area contributed by atoms with E-state index >= 15 is 0 Å². The molecule has 0 bridgehead atoms. The van der Waals surface area contributed by atoms with Crippen molar-refractivity contribution < 1.29 is 23.5 Å². The predicted molar refractivity (Wildman–Crippen MR) is 102 cm³/mol. The van der Waals surface area contributed by atoms with Crippen LogP contribution in [0, 0.1) is 0 Å². The van der Waals surface area contributed by atoms with Crippen molar-refractivity contribution >= 4 is 23.5 Å². The van der Waals surface area contributed by atoms with Crippen LogP contribution in [0.4, 0.5) is 5.69 Å². The lowest BCUT2D eigenvalue weighted by atomic mass is 10.1. The van der Waals surface area contributed by atoms with Gasteiger partial charge in [-0.1, -0.05) is 42.5 Å². The molecular formula is C21H18N2O5. The number of hydrogen-bond donors (Lipinski definition) is 2. The minimum atomic E-state index is -0.742. The Kier molecular flexibility index (Phi) is 6.20. The zero-order valence-corrected chi connectivity index (χ0v) is 14.9. The lowest BCUT2D eigenvalue weighted by molar-refractivity contribution is -0.119. The van der Waals surface area contributed by atoms with Gasteiger partial charge in [-0.15, -0.1) is 0 Å². The van der Waals surface area contributed by atoms with E-state index in [2.05, 4.69) is 10.6 Å². The topological polar surface area (TPSA) is 97.6 Å². The second-order valence-corrected chi connectivity index (χ2v) is 5.82. The van der Waals surface area contributed by atoms with E-state index in [1.807, 2.05) is 30.3 Å². The molecule has 3 aromatic rings. The molecular weight excluding hydrogens is 360 g/mol. The molecule has 0 fully saturated rings. The predicted octanol–water partition coefficient (Wildman–Crippen LogP) is 3.01. The van der Waals surface area contributed by atoms with E-state index in [1.165, 1.54) is 12.3 Å². The van der Waals surface area contributed by atoms with Gasteiger partial charge in [-0.05, 0) is 29.8 Å². The summed E-state index contributed by atoms with van der Waals surface area (Å²) in [7, 11) is 0. The largest absolute Gasteiger partial charge is 0.457 e. The van der Waals surface area contributed by atoms with Crippen molar-refractivity contribution in [3.63, 3.8) is 0 Å². The van der Waals surface area contributed by atoms with Crippen molar-refractivity contribution in [3.05, 3.63) is 89.9 Å². The Bertz CT molecular complexity index is 952. The van der Waals surface area contributed by atoms with E-state index in [1.54, 1.807) is 30.3 Å². The van der Waals surface area contributed by atoms with Gasteiger partial charge in [-0.3, -0.25) is 9.59 Å². The molecule has 1 aromatic heterocycles. The molecule has 2 amide bonds. The fourth-order valence-electron chi connectivity index (χ4n) is 2.45. The minimum Gasteiger partial charge on any atom is -0.457 e. The number of para-hydroxylation sites is 1. The molecule has 3 rings (SSSR count). The molecule has 0 radical (unpaired) electrons. The molecule has 1 heterocycles. The number of anilines is 1. The maximum absolute atomic E-state index is 12.5. The van der Waals surface area contributed by atoms with Crippen molar-refractivity contribution in [3.8, 4) is 0 Å². The van der Waals surface area contributed by atoms with Crippen molar-refractivity contribution in [1.82, 2.24) is 5.32 Å².